The number of amides is 1. The highest BCUT2D eigenvalue weighted by atomic mass is 16.5. The van der Waals surface area contributed by atoms with Gasteiger partial charge in [0, 0.05) is 12.8 Å². The van der Waals surface area contributed by atoms with Crippen LogP contribution < -0.4 is 5.32 Å². The molecule has 0 fully saturated rings. The average molecular weight is 1220 g/mol. The van der Waals surface area contributed by atoms with E-state index in [0.29, 0.717) is 25.9 Å². The van der Waals surface area contributed by atoms with Gasteiger partial charge in [0.25, 0.3) is 0 Å². The van der Waals surface area contributed by atoms with E-state index in [0.717, 1.165) is 51.4 Å². The van der Waals surface area contributed by atoms with Crippen molar-refractivity contribution in [2.45, 2.75) is 456 Å². The van der Waals surface area contributed by atoms with E-state index in [4.69, 9.17) is 4.74 Å². The van der Waals surface area contributed by atoms with Gasteiger partial charge in [-0.15, -0.1) is 0 Å². The number of hydrogen-bond donors (Lipinski definition) is 3. The highest BCUT2D eigenvalue weighted by Gasteiger charge is 2.20. The van der Waals surface area contributed by atoms with Crippen LogP contribution >= 0.6 is 0 Å². The first-order valence-electron chi connectivity index (χ1n) is 39.7. The fraction of sp³-hybridized carbons (Fsp3) is 0.901. The number of hydrogen-bond acceptors (Lipinski definition) is 5. The molecule has 2 unspecified atom stereocenters. The quantitative estimate of drug-likeness (QED) is 0.0320. The predicted molar refractivity (Wildman–Crippen MR) is 384 cm³/mol. The normalized spacial score (nSPS) is 12.6. The third-order valence-corrected chi connectivity index (χ3v) is 18.7. The number of nitrogens with one attached hydrogen (secondary N) is 1. The van der Waals surface area contributed by atoms with E-state index < -0.39 is 12.1 Å². The van der Waals surface area contributed by atoms with Gasteiger partial charge in [0.15, 0.2) is 0 Å². The summed E-state index contributed by atoms with van der Waals surface area (Å²) in [6.07, 6.45) is 99.5. The molecular weight excluding hydrogens is 1070 g/mol. The van der Waals surface area contributed by atoms with Crippen LogP contribution in [0.5, 0.6) is 0 Å². The number of esters is 1. The molecule has 0 radical (unpaired) electrons. The number of unbranched alkanes of at least 4 members (excludes halogenated alkanes) is 58. The van der Waals surface area contributed by atoms with Crippen LogP contribution in [-0.4, -0.2) is 47.4 Å². The van der Waals surface area contributed by atoms with Gasteiger partial charge in [0.2, 0.25) is 5.91 Å². The predicted octanol–water partition coefficient (Wildman–Crippen LogP) is 26.2. The van der Waals surface area contributed by atoms with Crippen molar-refractivity contribution in [2.24, 2.45) is 0 Å². The van der Waals surface area contributed by atoms with Crippen molar-refractivity contribution >= 4 is 11.9 Å². The van der Waals surface area contributed by atoms with Gasteiger partial charge in [-0.2, -0.15) is 0 Å². The monoisotopic (exact) mass is 1220 g/mol. The highest BCUT2D eigenvalue weighted by molar-refractivity contribution is 5.76. The van der Waals surface area contributed by atoms with Crippen molar-refractivity contribution in [2.75, 3.05) is 13.2 Å². The van der Waals surface area contributed by atoms with Crippen LogP contribution in [0, 0.1) is 0 Å². The lowest BCUT2D eigenvalue weighted by atomic mass is 10.0. The standard InChI is InChI=1S/C81H155NO5/c1-3-5-7-9-11-13-15-17-19-20-21-22-23-31-34-37-40-43-46-49-53-57-61-65-69-73-79(84)78(77-83)82-80(85)74-70-66-62-58-54-50-47-44-41-38-35-32-29-27-25-24-26-28-30-33-36-39-42-45-48-52-56-60-64-68-72-76-87-81(86)75-71-67-63-59-55-51-18-16-14-12-10-8-6-4-2/h16,18,26,28,33,36,78-79,83-84H,3-15,17,19-25,27,29-32,34-35,37-77H2,1-2H3,(H,82,85)/b18-16-,28-26-,36-33-. The second-order valence-corrected chi connectivity index (χ2v) is 27.4. The Morgan fingerprint density at radius 3 is 0.885 bits per heavy atom. The van der Waals surface area contributed by atoms with E-state index in [1.807, 2.05) is 0 Å². The highest BCUT2D eigenvalue weighted by Crippen LogP contribution is 2.20. The molecule has 0 heterocycles. The minimum atomic E-state index is -0.666. The van der Waals surface area contributed by atoms with Crippen molar-refractivity contribution in [3.8, 4) is 0 Å². The molecule has 0 spiro atoms. The van der Waals surface area contributed by atoms with Gasteiger partial charge in [-0.1, -0.05) is 384 Å². The largest absolute Gasteiger partial charge is 0.466 e. The molecule has 0 aliphatic heterocycles. The zero-order chi connectivity index (χ0) is 62.8. The van der Waals surface area contributed by atoms with Crippen molar-refractivity contribution in [1.29, 1.82) is 0 Å². The molecule has 0 aliphatic rings. The number of ether oxygens (including phenoxy) is 1. The van der Waals surface area contributed by atoms with Crippen LogP contribution in [0.3, 0.4) is 0 Å². The van der Waals surface area contributed by atoms with Gasteiger partial charge in [-0.25, -0.2) is 0 Å². The zero-order valence-corrected chi connectivity index (χ0v) is 59.0. The van der Waals surface area contributed by atoms with E-state index in [2.05, 4.69) is 55.6 Å². The third kappa shape index (κ3) is 73.0. The Kier molecular flexibility index (Phi) is 74.8. The summed E-state index contributed by atoms with van der Waals surface area (Å²) >= 11 is 0. The van der Waals surface area contributed by atoms with Crippen molar-refractivity contribution in [3.63, 3.8) is 0 Å². The maximum atomic E-state index is 12.6. The first-order chi connectivity index (χ1) is 43.0. The molecular formula is C81H155NO5. The van der Waals surface area contributed by atoms with Gasteiger partial charge in [-0.05, 0) is 83.5 Å². The Labute approximate surface area is 544 Å². The van der Waals surface area contributed by atoms with Crippen LogP contribution in [0.25, 0.3) is 0 Å². The molecule has 6 nitrogen and oxygen atoms in total. The van der Waals surface area contributed by atoms with E-state index in [-0.39, 0.29) is 18.5 Å². The molecule has 3 N–H and O–H groups in total. The lowest BCUT2D eigenvalue weighted by Gasteiger charge is -2.22. The van der Waals surface area contributed by atoms with Crippen LogP contribution in [0.1, 0.15) is 444 Å². The summed E-state index contributed by atoms with van der Waals surface area (Å²) in [5.74, 6) is -0.0236. The lowest BCUT2D eigenvalue weighted by molar-refractivity contribution is -0.143. The Bertz CT molecular complexity index is 1410. The molecule has 0 rings (SSSR count). The molecule has 0 aromatic heterocycles. The number of carbonyl (C=O) groups is 2. The number of allylic oxidation sites excluding steroid dienone is 6. The first-order valence-corrected chi connectivity index (χ1v) is 39.7. The second kappa shape index (κ2) is 76.5. The smallest absolute Gasteiger partial charge is 0.305 e. The summed E-state index contributed by atoms with van der Waals surface area (Å²) in [6, 6.07) is -0.543. The molecule has 2 atom stereocenters. The van der Waals surface area contributed by atoms with Crippen LogP contribution in [0.15, 0.2) is 36.5 Å². The lowest BCUT2D eigenvalue weighted by Crippen LogP contribution is -2.45. The van der Waals surface area contributed by atoms with Gasteiger partial charge in [-0.3, -0.25) is 9.59 Å². The van der Waals surface area contributed by atoms with Crippen molar-refractivity contribution < 1.29 is 24.5 Å². The van der Waals surface area contributed by atoms with E-state index in [1.165, 1.54) is 360 Å². The molecule has 514 valence electrons. The number of aliphatic hydroxyl groups excluding tert-OH is 2. The molecule has 0 saturated heterocycles. The topological polar surface area (TPSA) is 95.9 Å². The first kappa shape index (κ1) is 85.1. The summed E-state index contributed by atoms with van der Waals surface area (Å²) in [5.41, 5.74) is 0. The van der Waals surface area contributed by atoms with Crippen molar-refractivity contribution in [3.05, 3.63) is 36.5 Å². The van der Waals surface area contributed by atoms with E-state index >= 15 is 0 Å². The molecule has 1 amide bonds. The maximum Gasteiger partial charge on any atom is 0.305 e. The van der Waals surface area contributed by atoms with Gasteiger partial charge >= 0.3 is 5.97 Å². The maximum absolute atomic E-state index is 12.6. The van der Waals surface area contributed by atoms with Gasteiger partial charge in [0.1, 0.15) is 0 Å². The fourth-order valence-electron chi connectivity index (χ4n) is 12.6. The summed E-state index contributed by atoms with van der Waals surface area (Å²) in [6.45, 7) is 4.98. The fourth-order valence-corrected chi connectivity index (χ4v) is 12.6. The minimum absolute atomic E-state index is 0.00538. The zero-order valence-electron chi connectivity index (χ0n) is 59.0. The Morgan fingerprint density at radius 2 is 0.575 bits per heavy atom. The SMILES string of the molecule is CCCCCCC/C=C\CCCCCCCC(=O)OCCCCCCCCCCC/C=C\C/C=C\CCCCCCCCCCCCCCCCCC(=O)NC(CO)C(O)CCCCCCCCCCCCCCCCCCCCCCCCCCC. The summed E-state index contributed by atoms with van der Waals surface area (Å²) in [7, 11) is 0. The molecule has 0 aromatic rings. The molecule has 6 heteroatoms. The summed E-state index contributed by atoms with van der Waals surface area (Å²) in [5, 5.41) is 23.5. The van der Waals surface area contributed by atoms with Gasteiger partial charge in [0.05, 0.1) is 25.4 Å². The van der Waals surface area contributed by atoms with Crippen LogP contribution in [-0.2, 0) is 14.3 Å². The Hall–Kier alpha value is -1.92. The number of aliphatic hydroxyl groups is 2. The molecule has 0 aromatic carbocycles. The Morgan fingerprint density at radius 1 is 0.322 bits per heavy atom. The van der Waals surface area contributed by atoms with Crippen LogP contribution in [0.4, 0.5) is 0 Å². The van der Waals surface area contributed by atoms with Crippen LogP contribution in [0.2, 0.25) is 0 Å². The minimum Gasteiger partial charge on any atom is -0.466 e. The molecule has 0 bridgehead atoms. The molecule has 87 heavy (non-hydrogen) atoms. The van der Waals surface area contributed by atoms with E-state index in [9.17, 15) is 19.8 Å². The number of rotatable bonds is 75. The average Bonchev–Trinajstić information content (AvgIpc) is 3.52. The molecule has 0 saturated carbocycles. The van der Waals surface area contributed by atoms with Gasteiger partial charge < -0.3 is 20.3 Å². The second-order valence-electron chi connectivity index (χ2n) is 27.4. The van der Waals surface area contributed by atoms with E-state index in [1.54, 1.807) is 0 Å². The molecule has 0 aliphatic carbocycles. The number of carbonyl (C=O) groups excluding carboxylic acids is 2. The summed E-state index contributed by atoms with van der Waals surface area (Å²) < 4.78 is 5.49. The van der Waals surface area contributed by atoms with Crippen molar-refractivity contribution in [1.82, 2.24) is 5.32 Å². The Balaban J connectivity index is 3.39. The summed E-state index contributed by atoms with van der Waals surface area (Å²) in [4.78, 5) is 24.6. The third-order valence-electron chi connectivity index (χ3n) is 18.7.